The third kappa shape index (κ3) is 3.98. The SMILES string of the molecule is COc1ccccc1CC(=O)N=C1SC2CS(=O)(=O)CC2N1c1c(C)cccc1C. The van der Waals surface area contributed by atoms with E-state index < -0.39 is 9.84 Å². The van der Waals surface area contributed by atoms with E-state index >= 15 is 0 Å². The molecule has 0 saturated carbocycles. The van der Waals surface area contributed by atoms with Gasteiger partial charge in [-0.05, 0) is 31.0 Å². The minimum Gasteiger partial charge on any atom is -0.496 e. The molecule has 2 aromatic rings. The van der Waals surface area contributed by atoms with Gasteiger partial charge in [0.15, 0.2) is 15.0 Å². The molecule has 0 N–H and O–H groups in total. The van der Waals surface area contributed by atoms with Crippen molar-refractivity contribution < 1.29 is 17.9 Å². The molecule has 2 aliphatic rings. The van der Waals surface area contributed by atoms with Crippen LogP contribution in [-0.4, -0.2) is 49.4 Å². The topological polar surface area (TPSA) is 76.0 Å². The Morgan fingerprint density at radius 3 is 2.53 bits per heavy atom. The van der Waals surface area contributed by atoms with Gasteiger partial charge >= 0.3 is 0 Å². The highest BCUT2D eigenvalue weighted by atomic mass is 32.2. The lowest BCUT2D eigenvalue weighted by Gasteiger charge is -2.28. The highest BCUT2D eigenvalue weighted by Gasteiger charge is 2.49. The Morgan fingerprint density at radius 1 is 1.13 bits per heavy atom. The van der Waals surface area contributed by atoms with Gasteiger partial charge in [0.05, 0.1) is 31.1 Å². The molecule has 2 saturated heterocycles. The van der Waals surface area contributed by atoms with Gasteiger partial charge in [-0.2, -0.15) is 4.99 Å². The van der Waals surface area contributed by atoms with Gasteiger partial charge in [0, 0.05) is 16.5 Å². The number of thioether (sulfide) groups is 1. The first-order valence-electron chi connectivity index (χ1n) is 9.75. The van der Waals surface area contributed by atoms with Crippen molar-refractivity contribution in [3.63, 3.8) is 0 Å². The number of aryl methyl sites for hydroxylation is 2. The number of rotatable bonds is 4. The van der Waals surface area contributed by atoms with Crippen LogP contribution in [0.15, 0.2) is 47.5 Å². The Kier molecular flexibility index (Phi) is 5.63. The molecule has 0 aromatic heterocycles. The zero-order valence-electron chi connectivity index (χ0n) is 17.2. The number of methoxy groups -OCH3 is 1. The monoisotopic (exact) mass is 444 g/mol. The quantitative estimate of drug-likeness (QED) is 0.721. The molecule has 2 heterocycles. The number of benzene rings is 2. The fourth-order valence-electron chi connectivity index (χ4n) is 4.17. The highest BCUT2D eigenvalue weighted by Crippen LogP contribution is 2.43. The Bertz CT molecular complexity index is 1110. The van der Waals surface area contributed by atoms with Crippen molar-refractivity contribution in [1.82, 2.24) is 0 Å². The van der Waals surface area contributed by atoms with E-state index in [1.165, 1.54) is 11.8 Å². The lowest BCUT2D eigenvalue weighted by Crippen LogP contribution is -2.38. The van der Waals surface area contributed by atoms with Crippen LogP contribution < -0.4 is 9.64 Å². The maximum absolute atomic E-state index is 12.8. The molecule has 8 heteroatoms. The third-order valence-corrected chi connectivity index (χ3v) is 8.71. The molecular formula is C22H24N2O4S2. The summed E-state index contributed by atoms with van der Waals surface area (Å²) in [6, 6.07) is 13.1. The van der Waals surface area contributed by atoms with E-state index in [1.54, 1.807) is 7.11 Å². The van der Waals surface area contributed by atoms with Crippen LogP contribution in [0.5, 0.6) is 5.75 Å². The summed E-state index contributed by atoms with van der Waals surface area (Å²) in [5.41, 5.74) is 3.79. The van der Waals surface area contributed by atoms with Gasteiger partial charge < -0.3 is 9.64 Å². The second-order valence-electron chi connectivity index (χ2n) is 7.69. The van der Waals surface area contributed by atoms with Gasteiger partial charge in [-0.3, -0.25) is 4.79 Å². The number of amidine groups is 1. The van der Waals surface area contributed by atoms with Crippen molar-refractivity contribution in [3.8, 4) is 5.75 Å². The summed E-state index contributed by atoms with van der Waals surface area (Å²) in [7, 11) is -1.52. The Hall–Kier alpha value is -2.32. The molecule has 6 nitrogen and oxygen atoms in total. The first-order chi connectivity index (χ1) is 14.3. The Morgan fingerprint density at radius 2 is 1.83 bits per heavy atom. The normalized spacial score (nSPS) is 23.6. The van der Waals surface area contributed by atoms with E-state index in [4.69, 9.17) is 4.74 Å². The lowest BCUT2D eigenvalue weighted by atomic mass is 10.1. The maximum atomic E-state index is 12.8. The fraction of sp³-hybridized carbons (Fsp3) is 0.364. The fourth-order valence-corrected chi connectivity index (χ4v) is 8.09. The van der Waals surface area contributed by atoms with Gasteiger partial charge in [-0.25, -0.2) is 8.42 Å². The summed E-state index contributed by atoms with van der Waals surface area (Å²) in [5.74, 6) is 0.572. The molecule has 2 unspecified atom stereocenters. The second kappa shape index (κ2) is 8.07. The minimum atomic E-state index is -3.10. The predicted molar refractivity (Wildman–Crippen MR) is 121 cm³/mol. The summed E-state index contributed by atoms with van der Waals surface area (Å²) in [6.45, 7) is 4.00. The van der Waals surface area contributed by atoms with Crippen LogP contribution in [-0.2, 0) is 21.1 Å². The molecule has 4 rings (SSSR count). The standard InChI is InChI=1S/C22H24N2O4S2/c1-14-7-6-8-15(2)21(14)24-17-12-30(26,27)13-19(17)29-22(24)23-20(25)11-16-9-4-5-10-18(16)28-3/h4-10,17,19H,11-13H2,1-3H3. The van der Waals surface area contributed by atoms with Gasteiger partial charge in [0.1, 0.15) is 5.75 Å². The number of para-hydroxylation sites is 2. The number of anilines is 1. The molecule has 2 aromatic carbocycles. The molecule has 0 bridgehead atoms. The van der Waals surface area contributed by atoms with Crippen molar-refractivity contribution in [3.05, 3.63) is 59.2 Å². The number of hydrogen-bond donors (Lipinski definition) is 0. The van der Waals surface area contributed by atoms with Crippen LogP contribution in [0.4, 0.5) is 5.69 Å². The minimum absolute atomic E-state index is 0.0815. The van der Waals surface area contributed by atoms with Gasteiger partial charge in [-0.1, -0.05) is 48.2 Å². The molecule has 2 atom stereocenters. The largest absolute Gasteiger partial charge is 0.496 e. The number of ether oxygens (including phenoxy) is 1. The maximum Gasteiger partial charge on any atom is 0.252 e. The molecule has 0 spiro atoms. The first kappa shape index (κ1) is 20.9. The van der Waals surface area contributed by atoms with E-state index in [-0.39, 0.29) is 35.1 Å². The van der Waals surface area contributed by atoms with Gasteiger partial charge in [-0.15, -0.1) is 0 Å². The van der Waals surface area contributed by atoms with E-state index in [0.717, 1.165) is 22.4 Å². The summed E-state index contributed by atoms with van der Waals surface area (Å²) < 4.78 is 29.9. The van der Waals surface area contributed by atoms with Crippen LogP contribution in [0.1, 0.15) is 16.7 Å². The average molecular weight is 445 g/mol. The molecule has 2 fully saturated rings. The number of nitrogens with zero attached hydrogens (tertiary/aromatic N) is 2. The van der Waals surface area contributed by atoms with Gasteiger partial charge in [0.2, 0.25) is 0 Å². The van der Waals surface area contributed by atoms with Crippen molar-refractivity contribution in [2.45, 2.75) is 31.6 Å². The zero-order chi connectivity index (χ0) is 21.5. The van der Waals surface area contributed by atoms with Crippen LogP contribution in [0.2, 0.25) is 0 Å². The van der Waals surface area contributed by atoms with Crippen molar-refractivity contribution in [1.29, 1.82) is 0 Å². The first-order valence-corrected chi connectivity index (χ1v) is 12.4. The molecule has 30 heavy (non-hydrogen) atoms. The third-order valence-electron chi connectivity index (χ3n) is 5.50. The molecule has 158 valence electrons. The molecule has 0 aliphatic carbocycles. The molecule has 1 amide bonds. The van der Waals surface area contributed by atoms with Gasteiger partial charge in [0.25, 0.3) is 5.91 Å². The highest BCUT2D eigenvalue weighted by molar-refractivity contribution is 8.16. The molecule has 0 radical (unpaired) electrons. The van der Waals surface area contributed by atoms with E-state index in [9.17, 15) is 13.2 Å². The van der Waals surface area contributed by atoms with Crippen molar-refractivity contribution in [2.75, 3.05) is 23.5 Å². The number of carbonyl (C=O) groups is 1. The number of fused-ring (bicyclic) bond motifs is 1. The number of aliphatic imine (C=N–C) groups is 1. The molecule has 2 aliphatic heterocycles. The Labute approximate surface area is 181 Å². The summed E-state index contributed by atoms with van der Waals surface area (Å²) in [6.07, 6.45) is 0.127. The summed E-state index contributed by atoms with van der Waals surface area (Å²) in [4.78, 5) is 19.2. The van der Waals surface area contributed by atoms with Crippen LogP contribution in [0, 0.1) is 13.8 Å². The number of carbonyl (C=O) groups excluding carboxylic acids is 1. The lowest BCUT2D eigenvalue weighted by molar-refractivity contribution is -0.117. The summed E-state index contributed by atoms with van der Waals surface area (Å²) >= 11 is 1.40. The molecular weight excluding hydrogens is 420 g/mol. The van der Waals surface area contributed by atoms with Crippen LogP contribution in [0.3, 0.4) is 0 Å². The second-order valence-corrected chi connectivity index (χ2v) is 11.0. The van der Waals surface area contributed by atoms with Crippen LogP contribution in [0.25, 0.3) is 0 Å². The zero-order valence-corrected chi connectivity index (χ0v) is 18.8. The number of hydrogen-bond acceptors (Lipinski definition) is 5. The smallest absolute Gasteiger partial charge is 0.252 e. The number of amides is 1. The predicted octanol–water partition coefficient (Wildman–Crippen LogP) is 3.16. The van der Waals surface area contributed by atoms with Crippen molar-refractivity contribution in [2.24, 2.45) is 4.99 Å². The van der Waals surface area contributed by atoms with E-state index in [2.05, 4.69) is 4.99 Å². The van der Waals surface area contributed by atoms with E-state index in [0.29, 0.717) is 10.9 Å². The van der Waals surface area contributed by atoms with Crippen LogP contribution >= 0.6 is 11.8 Å². The summed E-state index contributed by atoms with van der Waals surface area (Å²) in [5, 5.41) is 0.462. The number of sulfone groups is 1. The van der Waals surface area contributed by atoms with E-state index in [1.807, 2.05) is 61.2 Å². The Balaban J connectivity index is 1.70. The average Bonchev–Trinajstić information content (AvgIpc) is 3.14. The van der Waals surface area contributed by atoms with Crippen molar-refractivity contribution >= 4 is 38.4 Å².